The Kier molecular flexibility index (Phi) is 8.64. The van der Waals surface area contributed by atoms with Crippen molar-refractivity contribution in [2.24, 2.45) is 20.5 Å². The van der Waals surface area contributed by atoms with Gasteiger partial charge < -0.3 is 14.0 Å². The smallest absolute Gasteiger partial charge is 0.744 e. The summed E-state index contributed by atoms with van der Waals surface area (Å²) in [5, 5.41) is 23.5. The van der Waals surface area contributed by atoms with Gasteiger partial charge in [-0.15, -0.1) is 15.3 Å². The first-order valence-electron chi connectivity index (χ1n) is 8.90. The standard InChI is InChI=1S/C19H20N6O5S.Na/c1-11-19(12(2)21-20-11)25-24-16-10-17(29-3)15(9-18(16)30-4)23-22-13-6-5-7-14(8-13)31(26,27)28;/h5-10H,1-4H3,(H,20,21)(H,26,27,28);/q;+1/p-1. The van der Waals surface area contributed by atoms with Crippen molar-refractivity contribution in [1.82, 2.24) is 10.2 Å². The number of aromatic nitrogens is 2. The summed E-state index contributed by atoms with van der Waals surface area (Å²) in [6.07, 6.45) is 0. The van der Waals surface area contributed by atoms with Crippen LogP contribution in [0.15, 0.2) is 61.8 Å². The summed E-state index contributed by atoms with van der Waals surface area (Å²) >= 11 is 0. The molecule has 11 nitrogen and oxygen atoms in total. The maximum absolute atomic E-state index is 11.2. The molecular weight excluding hydrogens is 447 g/mol. The van der Waals surface area contributed by atoms with Crippen LogP contribution in [0.25, 0.3) is 0 Å². The number of ether oxygens (including phenoxy) is 2. The van der Waals surface area contributed by atoms with Gasteiger partial charge in [0.05, 0.1) is 36.2 Å². The van der Waals surface area contributed by atoms with E-state index in [0.29, 0.717) is 34.3 Å². The number of azo groups is 2. The normalized spacial score (nSPS) is 11.7. The Labute approximate surface area is 207 Å². The second-order valence-corrected chi connectivity index (χ2v) is 7.71. The zero-order valence-electron chi connectivity index (χ0n) is 18.1. The first kappa shape index (κ1) is 25.6. The molecule has 3 aromatic rings. The molecule has 0 saturated heterocycles. The second kappa shape index (κ2) is 10.8. The second-order valence-electron chi connectivity index (χ2n) is 6.33. The molecule has 1 N–H and O–H groups in total. The number of nitrogens with one attached hydrogen (secondary N) is 1. The Bertz CT molecular complexity index is 1250. The van der Waals surface area contributed by atoms with Crippen LogP contribution in [0.5, 0.6) is 11.5 Å². The number of aromatic amines is 1. The predicted octanol–water partition coefficient (Wildman–Crippen LogP) is 1.78. The molecule has 0 aliphatic heterocycles. The number of nitrogens with zero attached hydrogens (tertiary/aromatic N) is 5. The summed E-state index contributed by atoms with van der Waals surface area (Å²) in [5.41, 5.74) is 3.01. The molecule has 0 aliphatic rings. The van der Waals surface area contributed by atoms with E-state index < -0.39 is 15.0 Å². The van der Waals surface area contributed by atoms with E-state index >= 15 is 0 Å². The van der Waals surface area contributed by atoms with E-state index in [-0.39, 0.29) is 35.2 Å². The van der Waals surface area contributed by atoms with Crippen LogP contribution in [-0.2, 0) is 10.1 Å². The molecule has 0 saturated carbocycles. The van der Waals surface area contributed by atoms with Gasteiger partial charge in [0, 0.05) is 12.1 Å². The SMILES string of the molecule is COc1cc(N=Nc2c(C)n[nH]c2C)c(OC)cc1N=Nc1cccc(S(=O)(=O)[O-])c1.[Na+]. The van der Waals surface area contributed by atoms with E-state index in [2.05, 4.69) is 30.7 Å². The molecule has 0 amide bonds. The third kappa shape index (κ3) is 5.99. The van der Waals surface area contributed by atoms with Gasteiger partial charge in [-0.3, -0.25) is 5.10 Å². The third-order valence-electron chi connectivity index (χ3n) is 4.21. The Morgan fingerprint density at radius 1 is 0.938 bits per heavy atom. The number of H-pyrrole nitrogens is 1. The van der Waals surface area contributed by atoms with Gasteiger partial charge in [0.1, 0.15) is 38.7 Å². The van der Waals surface area contributed by atoms with E-state index in [9.17, 15) is 13.0 Å². The van der Waals surface area contributed by atoms with Crippen LogP contribution >= 0.6 is 0 Å². The first-order valence-corrected chi connectivity index (χ1v) is 10.3. The molecule has 0 fully saturated rings. The van der Waals surface area contributed by atoms with Crippen molar-refractivity contribution in [3.63, 3.8) is 0 Å². The Morgan fingerprint density at radius 2 is 1.53 bits per heavy atom. The Balaban J connectivity index is 0.00000363. The minimum Gasteiger partial charge on any atom is -0.744 e. The van der Waals surface area contributed by atoms with Gasteiger partial charge in [0.15, 0.2) is 0 Å². The van der Waals surface area contributed by atoms with E-state index in [0.717, 1.165) is 11.8 Å². The minimum absolute atomic E-state index is 0. The van der Waals surface area contributed by atoms with Crippen molar-refractivity contribution >= 4 is 32.9 Å². The summed E-state index contributed by atoms with van der Waals surface area (Å²) in [6, 6.07) is 8.38. The first-order chi connectivity index (χ1) is 14.7. The van der Waals surface area contributed by atoms with Crippen molar-refractivity contribution in [1.29, 1.82) is 0 Å². The van der Waals surface area contributed by atoms with Crippen LogP contribution < -0.4 is 39.0 Å². The van der Waals surface area contributed by atoms with Gasteiger partial charge in [-0.25, -0.2) is 8.42 Å². The molecule has 162 valence electrons. The molecule has 3 rings (SSSR count). The van der Waals surface area contributed by atoms with E-state index in [4.69, 9.17) is 9.47 Å². The summed E-state index contributed by atoms with van der Waals surface area (Å²) < 4.78 is 44.3. The molecule has 0 bridgehead atoms. The molecule has 13 heteroatoms. The number of benzene rings is 2. The molecular formula is C19H19N6NaO5S. The fourth-order valence-electron chi connectivity index (χ4n) is 2.63. The summed E-state index contributed by atoms with van der Waals surface area (Å²) in [4.78, 5) is -0.394. The average molecular weight is 466 g/mol. The van der Waals surface area contributed by atoms with Crippen LogP contribution in [0.3, 0.4) is 0 Å². The van der Waals surface area contributed by atoms with Crippen molar-refractivity contribution < 1.29 is 52.0 Å². The molecule has 0 spiro atoms. The molecule has 2 aromatic carbocycles. The van der Waals surface area contributed by atoms with Crippen LogP contribution in [0.1, 0.15) is 11.4 Å². The monoisotopic (exact) mass is 466 g/mol. The van der Waals surface area contributed by atoms with Crippen molar-refractivity contribution in [3.05, 3.63) is 47.8 Å². The zero-order valence-corrected chi connectivity index (χ0v) is 21.0. The Morgan fingerprint density at radius 3 is 2.03 bits per heavy atom. The van der Waals surface area contributed by atoms with Gasteiger partial charge in [-0.1, -0.05) is 6.07 Å². The number of aryl methyl sites for hydroxylation is 2. The van der Waals surface area contributed by atoms with Gasteiger partial charge >= 0.3 is 29.6 Å². The van der Waals surface area contributed by atoms with Crippen molar-refractivity contribution in [2.75, 3.05) is 14.2 Å². The summed E-state index contributed by atoms with van der Waals surface area (Å²) in [5.74, 6) is 0.708. The maximum Gasteiger partial charge on any atom is 1.00 e. The Hall–Kier alpha value is -2.64. The molecule has 1 aromatic heterocycles. The van der Waals surface area contributed by atoms with Crippen molar-refractivity contribution in [2.45, 2.75) is 18.7 Å². The van der Waals surface area contributed by atoms with Gasteiger partial charge in [-0.2, -0.15) is 10.2 Å². The quantitative estimate of drug-likeness (QED) is 0.318. The van der Waals surface area contributed by atoms with E-state index in [1.54, 1.807) is 12.1 Å². The number of rotatable bonds is 7. The van der Waals surface area contributed by atoms with E-state index in [1.165, 1.54) is 32.4 Å². The molecule has 0 atom stereocenters. The summed E-state index contributed by atoms with van der Waals surface area (Å²) in [6.45, 7) is 3.65. The number of hydrogen-bond donors (Lipinski definition) is 1. The van der Waals surface area contributed by atoms with Crippen LogP contribution in [0.2, 0.25) is 0 Å². The third-order valence-corrected chi connectivity index (χ3v) is 5.04. The predicted molar refractivity (Wildman–Crippen MR) is 110 cm³/mol. The average Bonchev–Trinajstić information content (AvgIpc) is 3.07. The molecule has 0 unspecified atom stereocenters. The van der Waals surface area contributed by atoms with Gasteiger partial charge in [0.2, 0.25) is 0 Å². The largest absolute Gasteiger partial charge is 1.00 e. The van der Waals surface area contributed by atoms with Gasteiger partial charge in [-0.05, 0) is 32.0 Å². The van der Waals surface area contributed by atoms with Crippen molar-refractivity contribution in [3.8, 4) is 11.5 Å². The zero-order chi connectivity index (χ0) is 22.6. The van der Waals surface area contributed by atoms with Crippen LogP contribution in [-0.4, -0.2) is 37.4 Å². The summed E-state index contributed by atoms with van der Waals surface area (Å²) in [7, 11) is -1.67. The van der Waals surface area contributed by atoms with Crippen LogP contribution in [0, 0.1) is 13.8 Å². The molecule has 0 radical (unpaired) electrons. The van der Waals surface area contributed by atoms with Crippen LogP contribution in [0.4, 0.5) is 22.7 Å². The number of methoxy groups -OCH3 is 2. The molecule has 0 aliphatic carbocycles. The van der Waals surface area contributed by atoms with Gasteiger partial charge in [0.25, 0.3) is 0 Å². The minimum atomic E-state index is -4.59. The molecule has 32 heavy (non-hydrogen) atoms. The topological polar surface area (TPSA) is 154 Å². The maximum atomic E-state index is 11.2. The number of hydrogen-bond acceptors (Lipinski definition) is 10. The molecule has 1 heterocycles. The fraction of sp³-hybridized carbons (Fsp3) is 0.211. The van der Waals surface area contributed by atoms with E-state index in [1.807, 2.05) is 13.8 Å². The fourth-order valence-corrected chi connectivity index (χ4v) is 3.14.